The second-order valence-electron chi connectivity index (χ2n) is 5.09. The van der Waals surface area contributed by atoms with Crippen LogP contribution in [0.5, 0.6) is 0 Å². The van der Waals surface area contributed by atoms with Crippen molar-refractivity contribution in [3.8, 4) is 0 Å². The van der Waals surface area contributed by atoms with E-state index in [0.717, 1.165) is 18.1 Å². The highest BCUT2D eigenvalue weighted by Crippen LogP contribution is 2.48. The van der Waals surface area contributed by atoms with Crippen LogP contribution in [0.1, 0.15) is 31.2 Å². The topological polar surface area (TPSA) is 29.0 Å². The molecular weight excluding hydrogens is 186 g/mol. The lowest BCUT2D eigenvalue weighted by atomic mass is 9.68. The van der Waals surface area contributed by atoms with Gasteiger partial charge < -0.3 is 4.90 Å². The standard InChI is InChI=1S/C12H17N3/c1-10-7-13-11(14-8-10)15-6-5-12(9-15)3-2-4-12/h7-8H,2-6,9H2,1H3. The van der Waals surface area contributed by atoms with Crippen LogP contribution in [0.4, 0.5) is 5.95 Å². The Bertz CT molecular complexity index is 354. The maximum Gasteiger partial charge on any atom is 0.225 e. The van der Waals surface area contributed by atoms with Crippen molar-refractivity contribution in [2.24, 2.45) is 5.41 Å². The molecule has 2 heterocycles. The van der Waals surface area contributed by atoms with Gasteiger partial charge in [-0.2, -0.15) is 0 Å². The van der Waals surface area contributed by atoms with Crippen LogP contribution >= 0.6 is 0 Å². The zero-order valence-electron chi connectivity index (χ0n) is 9.24. The van der Waals surface area contributed by atoms with Crippen molar-refractivity contribution < 1.29 is 0 Å². The molecule has 0 atom stereocenters. The molecule has 0 unspecified atom stereocenters. The SMILES string of the molecule is Cc1cnc(N2CCC3(CCC3)C2)nc1. The van der Waals surface area contributed by atoms with Crippen molar-refractivity contribution in [2.45, 2.75) is 32.6 Å². The molecule has 80 valence electrons. The Morgan fingerprint density at radius 1 is 1.20 bits per heavy atom. The van der Waals surface area contributed by atoms with Crippen molar-refractivity contribution in [2.75, 3.05) is 18.0 Å². The van der Waals surface area contributed by atoms with Crippen molar-refractivity contribution in [1.29, 1.82) is 0 Å². The Morgan fingerprint density at radius 3 is 2.47 bits per heavy atom. The molecular formula is C12H17N3. The summed E-state index contributed by atoms with van der Waals surface area (Å²) in [6, 6.07) is 0. The molecule has 0 amide bonds. The normalized spacial score (nSPS) is 23.1. The molecule has 1 saturated carbocycles. The van der Waals surface area contributed by atoms with E-state index in [2.05, 4.69) is 14.9 Å². The Balaban J connectivity index is 1.76. The average molecular weight is 203 g/mol. The summed E-state index contributed by atoms with van der Waals surface area (Å²) in [6.45, 7) is 4.35. The monoisotopic (exact) mass is 203 g/mol. The third-order valence-corrected chi connectivity index (χ3v) is 3.90. The summed E-state index contributed by atoms with van der Waals surface area (Å²) >= 11 is 0. The first-order valence-corrected chi connectivity index (χ1v) is 5.81. The van der Waals surface area contributed by atoms with Gasteiger partial charge in [0.1, 0.15) is 0 Å². The molecule has 1 saturated heterocycles. The first-order chi connectivity index (χ1) is 7.27. The predicted molar refractivity (Wildman–Crippen MR) is 59.9 cm³/mol. The van der Waals surface area contributed by atoms with Gasteiger partial charge in [0.25, 0.3) is 0 Å². The van der Waals surface area contributed by atoms with Crippen molar-refractivity contribution >= 4 is 5.95 Å². The fourth-order valence-corrected chi connectivity index (χ4v) is 2.74. The molecule has 0 N–H and O–H groups in total. The summed E-state index contributed by atoms with van der Waals surface area (Å²) < 4.78 is 0. The highest BCUT2D eigenvalue weighted by molar-refractivity contribution is 5.33. The molecule has 1 aliphatic carbocycles. The lowest BCUT2D eigenvalue weighted by Crippen LogP contribution is -2.33. The molecule has 1 aromatic rings. The number of hydrogen-bond donors (Lipinski definition) is 0. The second kappa shape index (κ2) is 3.19. The van der Waals surface area contributed by atoms with E-state index in [-0.39, 0.29) is 0 Å². The van der Waals surface area contributed by atoms with Crippen LogP contribution in [0.2, 0.25) is 0 Å². The van der Waals surface area contributed by atoms with Gasteiger partial charge in [0, 0.05) is 25.5 Å². The molecule has 2 aliphatic rings. The van der Waals surface area contributed by atoms with E-state index >= 15 is 0 Å². The molecule has 15 heavy (non-hydrogen) atoms. The van der Waals surface area contributed by atoms with Crippen LogP contribution < -0.4 is 4.90 Å². The molecule has 3 nitrogen and oxygen atoms in total. The fraction of sp³-hybridized carbons (Fsp3) is 0.667. The van der Waals surface area contributed by atoms with Crippen molar-refractivity contribution in [3.63, 3.8) is 0 Å². The van der Waals surface area contributed by atoms with Gasteiger partial charge in [0.2, 0.25) is 5.95 Å². The van der Waals surface area contributed by atoms with Gasteiger partial charge in [-0.3, -0.25) is 0 Å². The van der Waals surface area contributed by atoms with E-state index in [9.17, 15) is 0 Å². The summed E-state index contributed by atoms with van der Waals surface area (Å²) in [7, 11) is 0. The summed E-state index contributed by atoms with van der Waals surface area (Å²) in [6.07, 6.45) is 9.40. The number of anilines is 1. The van der Waals surface area contributed by atoms with Crippen molar-refractivity contribution in [3.05, 3.63) is 18.0 Å². The minimum absolute atomic E-state index is 0.633. The van der Waals surface area contributed by atoms with Gasteiger partial charge in [0.15, 0.2) is 0 Å². The van der Waals surface area contributed by atoms with Crippen LogP contribution in [0.25, 0.3) is 0 Å². The first-order valence-electron chi connectivity index (χ1n) is 5.81. The minimum Gasteiger partial charge on any atom is -0.340 e. The van der Waals surface area contributed by atoms with Crippen LogP contribution in [0, 0.1) is 12.3 Å². The predicted octanol–water partition coefficient (Wildman–Crippen LogP) is 2.17. The highest BCUT2D eigenvalue weighted by Gasteiger charge is 2.43. The maximum absolute atomic E-state index is 4.40. The fourth-order valence-electron chi connectivity index (χ4n) is 2.74. The Labute approximate surface area is 90.5 Å². The van der Waals surface area contributed by atoms with Crippen LogP contribution in [0.15, 0.2) is 12.4 Å². The molecule has 1 spiro atoms. The average Bonchev–Trinajstić information content (AvgIpc) is 2.63. The number of hydrogen-bond acceptors (Lipinski definition) is 3. The van der Waals surface area contributed by atoms with E-state index < -0.39 is 0 Å². The smallest absolute Gasteiger partial charge is 0.225 e. The number of rotatable bonds is 1. The maximum atomic E-state index is 4.40. The Hall–Kier alpha value is -1.12. The molecule has 3 heteroatoms. The zero-order valence-corrected chi connectivity index (χ0v) is 9.24. The van der Waals surface area contributed by atoms with Crippen LogP contribution in [0.3, 0.4) is 0 Å². The number of aromatic nitrogens is 2. The Morgan fingerprint density at radius 2 is 1.93 bits per heavy atom. The van der Waals surface area contributed by atoms with Gasteiger partial charge in [-0.25, -0.2) is 9.97 Å². The molecule has 2 fully saturated rings. The summed E-state index contributed by atoms with van der Waals surface area (Å²) in [4.78, 5) is 11.1. The molecule has 3 rings (SSSR count). The lowest BCUT2D eigenvalue weighted by molar-refractivity contribution is 0.165. The van der Waals surface area contributed by atoms with Gasteiger partial charge in [-0.15, -0.1) is 0 Å². The van der Waals surface area contributed by atoms with Crippen molar-refractivity contribution in [1.82, 2.24) is 9.97 Å². The van der Waals surface area contributed by atoms with E-state index in [1.54, 1.807) is 0 Å². The minimum atomic E-state index is 0.633. The zero-order chi connectivity index (χ0) is 10.3. The number of nitrogens with zero attached hydrogens (tertiary/aromatic N) is 3. The van der Waals surface area contributed by atoms with Gasteiger partial charge in [-0.05, 0) is 37.2 Å². The summed E-state index contributed by atoms with van der Waals surface area (Å²) in [5, 5.41) is 0. The molecule has 0 radical (unpaired) electrons. The van der Waals surface area contributed by atoms with Gasteiger partial charge in [-0.1, -0.05) is 6.42 Å². The number of aryl methyl sites for hydroxylation is 1. The third-order valence-electron chi connectivity index (χ3n) is 3.90. The second-order valence-corrected chi connectivity index (χ2v) is 5.09. The van der Waals surface area contributed by atoms with E-state index in [1.807, 2.05) is 19.3 Å². The van der Waals surface area contributed by atoms with E-state index in [0.29, 0.717) is 5.41 Å². The molecule has 0 bridgehead atoms. The van der Waals surface area contributed by atoms with Crippen LogP contribution in [-0.4, -0.2) is 23.1 Å². The highest BCUT2D eigenvalue weighted by atomic mass is 15.3. The first kappa shape index (κ1) is 9.13. The van der Waals surface area contributed by atoms with E-state index in [4.69, 9.17) is 0 Å². The largest absolute Gasteiger partial charge is 0.340 e. The summed E-state index contributed by atoms with van der Waals surface area (Å²) in [5.41, 5.74) is 1.77. The third kappa shape index (κ3) is 1.50. The van der Waals surface area contributed by atoms with E-state index in [1.165, 1.54) is 32.2 Å². The summed E-state index contributed by atoms with van der Waals surface area (Å²) in [5.74, 6) is 0.921. The van der Waals surface area contributed by atoms with Gasteiger partial charge in [0.05, 0.1) is 0 Å². The molecule has 1 aliphatic heterocycles. The molecule has 1 aromatic heterocycles. The lowest BCUT2D eigenvalue weighted by Gasteiger charge is -2.37. The van der Waals surface area contributed by atoms with Gasteiger partial charge >= 0.3 is 0 Å². The molecule has 0 aromatic carbocycles. The van der Waals surface area contributed by atoms with Crippen LogP contribution in [-0.2, 0) is 0 Å². The Kier molecular flexibility index (Phi) is 1.94. The quantitative estimate of drug-likeness (QED) is 0.700.